The molecule has 1 aliphatic carbocycles. The molecule has 0 aliphatic heterocycles. The summed E-state index contributed by atoms with van der Waals surface area (Å²) in [4.78, 5) is 10.7. The maximum absolute atomic E-state index is 10.7. The van der Waals surface area contributed by atoms with Gasteiger partial charge in [-0.3, -0.25) is 0 Å². The zero-order chi connectivity index (χ0) is 8.32. The quantitative estimate of drug-likeness (QED) is 0.614. The van der Waals surface area contributed by atoms with Crippen LogP contribution in [0.3, 0.4) is 0 Å². The summed E-state index contributed by atoms with van der Waals surface area (Å²) in [5, 5.41) is 8.79. The van der Waals surface area contributed by atoms with Gasteiger partial charge in [0.1, 0.15) is 0 Å². The van der Waals surface area contributed by atoms with Crippen LogP contribution in [0.2, 0.25) is 0 Å². The van der Waals surface area contributed by atoms with Crippen LogP contribution < -0.4 is 0 Å². The second-order valence-corrected chi connectivity index (χ2v) is 3.20. The van der Waals surface area contributed by atoms with E-state index in [2.05, 4.69) is 5.63 Å². The normalized spacial score (nSPS) is 20.7. The fourth-order valence-corrected chi connectivity index (χ4v) is 1.93. The van der Waals surface area contributed by atoms with E-state index in [1.807, 2.05) is 0 Å². The molecule has 1 aliphatic rings. The molecule has 0 amide bonds. The van der Waals surface area contributed by atoms with Crippen molar-refractivity contribution in [3.8, 4) is 5.63 Å². The third-order valence-corrected chi connectivity index (χ3v) is 2.65. The summed E-state index contributed by atoms with van der Waals surface area (Å²) >= 11 is 0. The Morgan fingerprint density at radius 3 is 2.36 bits per heavy atom. The van der Waals surface area contributed by atoms with Crippen LogP contribution in [-0.2, 0) is 9.36 Å². The Labute approximate surface area is 65.9 Å². The van der Waals surface area contributed by atoms with Crippen molar-refractivity contribution in [3.05, 3.63) is 0 Å². The zero-order valence-electron chi connectivity index (χ0n) is 6.04. The van der Waals surface area contributed by atoms with Crippen molar-refractivity contribution in [2.24, 2.45) is 5.41 Å². The number of carbonyl (C=O) groups is 1. The van der Waals surface area contributed by atoms with Gasteiger partial charge in [-0.2, -0.15) is 0 Å². The van der Waals surface area contributed by atoms with E-state index in [9.17, 15) is 9.36 Å². The van der Waals surface area contributed by atoms with Crippen molar-refractivity contribution in [3.63, 3.8) is 0 Å². The molecule has 1 N–H and O–H groups in total. The predicted molar refractivity (Wildman–Crippen MR) is 40.0 cm³/mol. The van der Waals surface area contributed by atoms with Crippen LogP contribution in [0, 0.1) is 11.0 Å². The Morgan fingerprint density at radius 1 is 1.45 bits per heavy atom. The van der Waals surface area contributed by atoms with E-state index in [1.54, 1.807) is 0 Å². The van der Waals surface area contributed by atoms with Gasteiger partial charge < -0.3 is 0 Å². The van der Waals surface area contributed by atoms with Crippen molar-refractivity contribution in [1.29, 1.82) is 0 Å². The Hall–Kier alpha value is -0.520. The summed E-state index contributed by atoms with van der Waals surface area (Å²) in [6, 6.07) is 0. The number of hydrogen-bond donors (Lipinski definition) is 1. The first-order valence-corrected chi connectivity index (χ1v) is 4.35. The summed E-state index contributed by atoms with van der Waals surface area (Å²) in [6.45, 7) is 0. The minimum atomic E-state index is -0.913. The monoisotopic (exact) mass is 172 g/mol. The molecule has 11 heavy (non-hydrogen) atoms. The molecule has 0 unspecified atom stereocenters. The Morgan fingerprint density at radius 2 is 2.00 bits per heavy atom. The van der Waals surface area contributed by atoms with Gasteiger partial charge in [-0.15, -0.1) is 0 Å². The van der Waals surface area contributed by atoms with E-state index in [4.69, 9.17) is 5.11 Å². The summed E-state index contributed by atoms with van der Waals surface area (Å²) in [7, 11) is -0.290. The molecule has 0 aromatic heterocycles. The molecule has 0 atom stereocenters. The number of rotatable bonds is 1. The van der Waals surface area contributed by atoms with Crippen LogP contribution in [0.1, 0.15) is 25.7 Å². The van der Waals surface area contributed by atoms with Gasteiger partial charge in [-0.1, -0.05) is 0 Å². The van der Waals surface area contributed by atoms with Crippen molar-refractivity contribution < 1.29 is 14.5 Å². The van der Waals surface area contributed by atoms with Gasteiger partial charge in [0, 0.05) is 0 Å². The van der Waals surface area contributed by atoms with E-state index in [0.29, 0.717) is 12.8 Å². The van der Waals surface area contributed by atoms with Crippen LogP contribution in [0.25, 0.3) is 0 Å². The average Bonchev–Trinajstić information content (AvgIpc) is 2.38. The fraction of sp³-hybridized carbons (Fsp3) is 0.714. The van der Waals surface area contributed by atoms with E-state index >= 15 is 0 Å². The first kappa shape index (κ1) is 8.58. The van der Waals surface area contributed by atoms with Crippen LogP contribution in [0.15, 0.2) is 0 Å². The zero-order valence-corrected chi connectivity index (χ0v) is 6.93. The van der Waals surface area contributed by atoms with Gasteiger partial charge in [0.15, 0.2) is 0 Å². The number of hydrogen-bond acceptors (Lipinski definition) is 2. The van der Waals surface area contributed by atoms with E-state index in [-0.39, 0.29) is 7.92 Å². The van der Waals surface area contributed by atoms with Gasteiger partial charge in [-0.25, -0.2) is 0 Å². The molecule has 0 aromatic carbocycles. The van der Waals surface area contributed by atoms with Gasteiger partial charge in [0.05, 0.1) is 0 Å². The minimum absolute atomic E-state index is 0.290. The first-order chi connectivity index (χ1) is 5.21. The van der Waals surface area contributed by atoms with E-state index in [0.717, 1.165) is 12.8 Å². The molecule has 3 nitrogen and oxygen atoms in total. The topological polar surface area (TPSA) is 54.4 Å². The van der Waals surface area contributed by atoms with Crippen LogP contribution in [0.4, 0.5) is 0 Å². The van der Waals surface area contributed by atoms with E-state index < -0.39 is 11.4 Å². The molecule has 4 heteroatoms. The summed E-state index contributed by atoms with van der Waals surface area (Å²) < 4.78 is 10.2. The number of carboxylic acid groups (broad SMARTS) is 1. The van der Waals surface area contributed by atoms with Crippen LogP contribution >= 0.6 is 7.92 Å². The molecule has 0 bridgehead atoms. The van der Waals surface area contributed by atoms with Crippen LogP contribution in [-0.4, -0.2) is 11.1 Å². The van der Waals surface area contributed by atoms with Gasteiger partial charge in [-0.05, 0) is 0 Å². The standard InChI is InChI=1S/C7H9O3P/c8-6(9)7(5-11-10)3-1-2-4-7/h1-4H2,(H,8,9). The van der Waals surface area contributed by atoms with E-state index in [1.165, 1.54) is 0 Å². The average molecular weight is 172 g/mol. The third kappa shape index (κ3) is 1.55. The molecular formula is C7H9O3P. The maximum atomic E-state index is 10.7. The second-order valence-electron chi connectivity index (χ2n) is 2.80. The molecule has 0 heterocycles. The number of carboxylic acids is 1. The first-order valence-electron chi connectivity index (χ1n) is 3.54. The Kier molecular flexibility index (Phi) is 2.53. The van der Waals surface area contributed by atoms with Gasteiger partial charge >= 0.3 is 65.1 Å². The molecule has 60 valence electrons. The Balaban J connectivity index is 2.93. The van der Waals surface area contributed by atoms with Crippen molar-refractivity contribution in [2.75, 3.05) is 0 Å². The fourth-order valence-electron chi connectivity index (χ4n) is 1.44. The van der Waals surface area contributed by atoms with Crippen LogP contribution in [0.5, 0.6) is 0 Å². The molecule has 0 radical (unpaired) electrons. The molecular weight excluding hydrogens is 163 g/mol. The van der Waals surface area contributed by atoms with Gasteiger partial charge in [0.2, 0.25) is 0 Å². The summed E-state index contributed by atoms with van der Waals surface area (Å²) in [5.74, 6) is -0.890. The molecule has 0 aromatic rings. The van der Waals surface area contributed by atoms with Crippen molar-refractivity contribution in [2.45, 2.75) is 25.7 Å². The molecule has 1 saturated carbocycles. The number of aliphatic carboxylic acids is 1. The second kappa shape index (κ2) is 3.25. The van der Waals surface area contributed by atoms with Gasteiger partial charge in [0.25, 0.3) is 0 Å². The SMILES string of the molecule is O=P#CC1(C(=O)O)CCCC1. The molecule has 0 saturated heterocycles. The van der Waals surface area contributed by atoms with Crippen molar-refractivity contribution in [1.82, 2.24) is 0 Å². The summed E-state index contributed by atoms with van der Waals surface area (Å²) in [6.07, 6.45) is 2.96. The van der Waals surface area contributed by atoms with Crippen molar-refractivity contribution >= 4 is 13.9 Å². The molecule has 0 spiro atoms. The summed E-state index contributed by atoms with van der Waals surface area (Å²) in [5.41, 5.74) is 1.56. The predicted octanol–water partition coefficient (Wildman–Crippen LogP) is 1.88. The third-order valence-electron chi connectivity index (χ3n) is 2.13. The molecule has 1 fully saturated rings. The Bertz CT molecular complexity index is 258. The molecule has 1 rings (SSSR count).